The van der Waals surface area contributed by atoms with E-state index in [0.29, 0.717) is 0 Å². The van der Waals surface area contributed by atoms with Gasteiger partial charge in [0.05, 0.1) is 22.1 Å². The van der Waals surface area contributed by atoms with Crippen molar-refractivity contribution >= 4 is 66.9 Å². The van der Waals surface area contributed by atoms with E-state index in [1.165, 1.54) is 0 Å². The van der Waals surface area contributed by atoms with Gasteiger partial charge >= 0.3 is 0 Å². The number of nitrogens with zero attached hydrogens (tertiary/aromatic N) is 2. The second kappa shape index (κ2) is 10.4. The van der Waals surface area contributed by atoms with Gasteiger partial charge in [-0.15, -0.1) is 0 Å². The maximum absolute atomic E-state index is 15.1. The first kappa shape index (κ1) is 26.7. The molecule has 0 aliphatic rings. The molecule has 0 fully saturated rings. The van der Waals surface area contributed by atoms with Crippen LogP contribution in [0.1, 0.15) is 0 Å². The summed E-state index contributed by atoms with van der Waals surface area (Å²) in [5.41, 5.74) is 7.40. The van der Waals surface area contributed by atoms with Crippen molar-refractivity contribution < 1.29 is 8.98 Å². The summed E-state index contributed by atoms with van der Waals surface area (Å²) in [5, 5.41) is 5.39. The Kier molecular flexibility index (Phi) is 6.06. The Morgan fingerprint density at radius 3 is 1.74 bits per heavy atom. The van der Waals surface area contributed by atoms with Crippen LogP contribution in [0.15, 0.2) is 168 Å². The molecule has 0 unspecified atom stereocenters. The molecule has 0 saturated carbocycles. The molecule has 6 aromatic carbocycles. The number of fused-ring (bicyclic) bond motifs is 7. The van der Waals surface area contributed by atoms with Crippen molar-refractivity contribution in [3.05, 3.63) is 164 Å². The highest BCUT2D eigenvalue weighted by atomic mass is 31.2. The van der Waals surface area contributed by atoms with Gasteiger partial charge in [-0.05, 0) is 48.5 Å². The number of para-hydroxylation sites is 2. The summed E-state index contributed by atoms with van der Waals surface area (Å²) in [6.45, 7) is 0. The molecule has 0 bridgehead atoms. The predicted molar refractivity (Wildman–Crippen MR) is 191 cm³/mol. The summed E-state index contributed by atoms with van der Waals surface area (Å²) in [4.78, 5) is 5.20. The summed E-state index contributed by atoms with van der Waals surface area (Å²) >= 11 is 0. The minimum atomic E-state index is -3.11. The van der Waals surface area contributed by atoms with E-state index in [-0.39, 0.29) is 0 Å². The van der Waals surface area contributed by atoms with Crippen molar-refractivity contribution in [1.29, 1.82) is 0 Å². The molecule has 0 aliphatic heterocycles. The van der Waals surface area contributed by atoms with Crippen LogP contribution < -0.4 is 15.9 Å². The third-order valence-corrected chi connectivity index (χ3v) is 11.9. The monoisotopic (exact) mass is 610 g/mol. The first-order chi connectivity index (χ1) is 22.7. The van der Waals surface area contributed by atoms with Crippen LogP contribution in [0.4, 0.5) is 0 Å². The van der Waals surface area contributed by atoms with Crippen molar-refractivity contribution in [3.63, 3.8) is 0 Å². The molecule has 0 radical (unpaired) electrons. The van der Waals surface area contributed by atoms with Gasteiger partial charge in [-0.1, -0.05) is 115 Å². The quantitative estimate of drug-likeness (QED) is 0.183. The molecule has 0 saturated heterocycles. The van der Waals surface area contributed by atoms with Crippen molar-refractivity contribution in [3.8, 4) is 16.9 Å². The van der Waals surface area contributed by atoms with E-state index in [2.05, 4.69) is 53.1 Å². The highest BCUT2D eigenvalue weighted by Crippen LogP contribution is 2.45. The fourth-order valence-electron chi connectivity index (χ4n) is 6.76. The molecule has 0 atom stereocenters. The van der Waals surface area contributed by atoms with Gasteiger partial charge in [0.25, 0.3) is 0 Å². The van der Waals surface area contributed by atoms with E-state index < -0.39 is 7.14 Å². The highest BCUT2D eigenvalue weighted by molar-refractivity contribution is 7.85. The number of hydrogen-bond acceptors (Lipinski definition) is 3. The molecule has 3 aromatic heterocycles. The summed E-state index contributed by atoms with van der Waals surface area (Å²) in [6.07, 6.45) is 0. The van der Waals surface area contributed by atoms with Gasteiger partial charge in [0.15, 0.2) is 12.7 Å². The van der Waals surface area contributed by atoms with E-state index in [9.17, 15) is 0 Å². The van der Waals surface area contributed by atoms with E-state index in [1.807, 2.05) is 115 Å². The van der Waals surface area contributed by atoms with Crippen molar-refractivity contribution in [2.75, 3.05) is 0 Å². The van der Waals surface area contributed by atoms with E-state index in [0.717, 1.165) is 76.7 Å². The largest absolute Gasteiger partial charge is 0.453 e. The molecule has 0 N–H and O–H groups in total. The molecule has 0 amide bonds. The molecule has 5 heteroatoms. The lowest BCUT2D eigenvalue weighted by Crippen LogP contribution is -2.24. The summed E-state index contributed by atoms with van der Waals surface area (Å²) < 4.78 is 24.2. The molecular weight excluding hydrogens is 583 g/mol. The zero-order chi connectivity index (χ0) is 30.7. The van der Waals surface area contributed by atoms with Crippen LogP contribution in [0, 0.1) is 0 Å². The number of aromatic nitrogens is 2. The molecular formula is C41H27N2O2P. The minimum Gasteiger partial charge on any atom is -0.453 e. The summed E-state index contributed by atoms with van der Waals surface area (Å²) in [7, 11) is -3.11. The van der Waals surface area contributed by atoms with Gasteiger partial charge in [0, 0.05) is 37.9 Å². The Hall–Kier alpha value is -5.70. The number of hydrogen-bond donors (Lipinski definition) is 0. The van der Waals surface area contributed by atoms with E-state index >= 15 is 4.57 Å². The zero-order valence-electron chi connectivity index (χ0n) is 24.7. The lowest BCUT2D eigenvalue weighted by molar-refractivity contribution is 0.592. The lowest BCUT2D eigenvalue weighted by Gasteiger charge is -2.20. The molecule has 0 spiro atoms. The third-order valence-electron chi connectivity index (χ3n) is 8.87. The van der Waals surface area contributed by atoms with Crippen molar-refractivity contribution in [2.24, 2.45) is 0 Å². The third kappa shape index (κ3) is 3.94. The van der Waals surface area contributed by atoms with Crippen LogP contribution in [-0.4, -0.2) is 9.55 Å². The van der Waals surface area contributed by atoms with Gasteiger partial charge < -0.3 is 13.5 Å². The fourth-order valence-corrected chi connectivity index (χ4v) is 9.40. The second-order valence-corrected chi connectivity index (χ2v) is 14.2. The topological polar surface area (TPSA) is 48.0 Å². The molecule has 3 heterocycles. The van der Waals surface area contributed by atoms with Gasteiger partial charge in [0.2, 0.25) is 0 Å². The average Bonchev–Trinajstić information content (AvgIpc) is 3.68. The van der Waals surface area contributed by atoms with Crippen LogP contribution in [0.25, 0.3) is 60.8 Å². The number of furan rings is 1. The Morgan fingerprint density at radius 2 is 1.07 bits per heavy atom. The molecule has 218 valence electrons. The second-order valence-electron chi connectivity index (χ2n) is 11.5. The summed E-state index contributed by atoms with van der Waals surface area (Å²) in [5.74, 6) is 0. The molecule has 9 rings (SSSR count). The van der Waals surface area contributed by atoms with Crippen LogP contribution in [0.5, 0.6) is 0 Å². The van der Waals surface area contributed by atoms with Gasteiger partial charge in [-0.2, -0.15) is 0 Å². The Morgan fingerprint density at radius 1 is 0.522 bits per heavy atom. The van der Waals surface area contributed by atoms with Gasteiger partial charge in [-0.25, -0.2) is 4.98 Å². The molecule has 4 nitrogen and oxygen atoms in total. The smallest absolute Gasteiger partial charge is 0.171 e. The van der Waals surface area contributed by atoms with Crippen molar-refractivity contribution in [2.45, 2.75) is 0 Å². The van der Waals surface area contributed by atoms with E-state index in [4.69, 9.17) is 9.40 Å². The van der Waals surface area contributed by atoms with Gasteiger partial charge in [0.1, 0.15) is 11.1 Å². The van der Waals surface area contributed by atoms with Crippen molar-refractivity contribution in [1.82, 2.24) is 9.55 Å². The maximum atomic E-state index is 15.1. The normalized spacial score (nSPS) is 12.0. The Bertz CT molecular complexity index is 2540. The average molecular weight is 611 g/mol. The fraction of sp³-hybridized carbons (Fsp3) is 0. The number of pyridine rings is 1. The van der Waals surface area contributed by atoms with E-state index in [1.54, 1.807) is 0 Å². The Balaban J connectivity index is 1.34. The highest BCUT2D eigenvalue weighted by Gasteiger charge is 2.30. The van der Waals surface area contributed by atoms with Crippen LogP contribution in [0.3, 0.4) is 0 Å². The maximum Gasteiger partial charge on any atom is 0.171 e. The molecule has 0 aliphatic carbocycles. The summed E-state index contributed by atoms with van der Waals surface area (Å²) in [6, 6.07) is 54.6. The lowest BCUT2D eigenvalue weighted by atomic mass is 10.0. The SMILES string of the molecule is O=P(c1ccccc1)(c1ccccc1)c1ccc(-n2c3ccccc3c3oc4c5ccccc5nc(-c5ccccc5)c4c32)cc1. The van der Waals surface area contributed by atoms with Gasteiger partial charge in [-0.3, -0.25) is 0 Å². The van der Waals surface area contributed by atoms with Crippen LogP contribution in [0.2, 0.25) is 0 Å². The number of benzene rings is 6. The Labute approximate surface area is 265 Å². The predicted octanol–water partition coefficient (Wildman–Crippen LogP) is 9.38. The first-order valence-corrected chi connectivity index (χ1v) is 17.0. The minimum absolute atomic E-state index is 0.788. The van der Waals surface area contributed by atoms with Crippen LogP contribution >= 0.6 is 7.14 Å². The molecule has 46 heavy (non-hydrogen) atoms. The molecule has 9 aromatic rings. The first-order valence-electron chi connectivity index (χ1n) is 15.3. The van der Waals surface area contributed by atoms with Crippen LogP contribution in [-0.2, 0) is 4.57 Å². The zero-order valence-corrected chi connectivity index (χ0v) is 25.6. The standard InChI is InChI=1S/C41H27N2O2P/c44-46(30-16-6-2-7-17-30,31-18-8-3-9-19-31)32-26-24-29(25-27-32)43-36-23-13-11-21-34(36)41-39(43)37-38(28-14-4-1-5-15-28)42-35-22-12-10-20-33(35)40(37)45-41/h1-27H. The number of rotatable bonds is 5.